The fourth-order valence-electron chi connectivity index (χ4n) is 3.65. The third-order valence-corrected chi connectivity index (χ3v) is 5.30. The first-order valence-corrected chi connectivity index (χ1v) is 10.4. The molecule has 31 heavy (non-hydrogen) atoms. The largest absolute Gasteiger partial charge is 0.494 e. The Labute approximate surface area is 182 Å². The summed E-state index contributed by atoms with van der Waals surface area (Å²) in [6, 6.07) is 11.5. The van der Waals surface area contributed by atoms with Gasteiger partial charge in [0, 0.05) is 19.5 Å². The predicted octanol–water partition coefficient (Wildman–Crippen LogP) is 3.16. The smallest absolute Gasteiger partial charge is 0.306 e. The van der Waals surface area contributed by atoms with Crippen molar-refractivity contribution < 1.29 is 28.5 Å². The third-order valence-electron chi connectivity index (χ3n) is 5.30. The zero-order valence-corrected chi connectivity index (χ0v) is 18.3. The topological polar surface area (TPSA) is 74.3 Å². The lowest BCUT2D eigenvalue weighted by atomic mass is 9.99. The summed E-state index contributed by atoms with van der Waals surface area (Å²) in [5, 5.41) is 0. The SMILES string of the molecule is CCOc1ccccc1CCC(=O)OCC(=O)N1CCc2cc(OC)c(OC)cc2C1. The van der Waals surface area contributed by atoms with E-state index in [0.717, 1.165) is 22.4 Å². The number of methoxy groups -OCH3 is 2. The monoisotopic (exact) mass is 427 g/mol. The minimum atomic E-state index is -0.400. The molecule has 0 saturated heterocycles. The van der Waals surface area contributed by atoms with Gasteiger partial charge in [-0.05, 0) is 54.7 Å². The van der Waals surface area contributed by atoms with Crippen molar-refractivity contribution in [3.05, 3.63) is 53.1 Å². The molecule has 0 atom stereocenters. The number of carbonyl (C=O) groups is 2. The molecule has 1 amide bonds. The Bertz CT molecular complexity index is 926. The van der Waals surface area contributed by atoms with Crippen LogP contribution in [0.3, 0.4) is 0 Å². The van der Waals surface area contributed by atoms with E-state index in [1.807, 2.05) is 43.3 Å². The third kappa shape index (κ3) is 5.69. The van der Waals surface area contributed by atoms with Crippen molar-refractivity contribution in [2.24, 2.45) is 0 Å². The van der Waals surface area contributed by atoms with Gasteiger partial charge in [0.25, 0.3) is 5.91 Å². The summed E-state index contributed by atoms with van der Waals surface area (Å²) in [7, 11) is 3.19. The molecule has 0 fully saturated rings. The summed E-state index contributed by atoms with van der Waals surface area (Å²) in [6.45, 7) is 3.25. The van der Waals surface area contributed by atoms with E-state index >= 15 is 0 Å². The number of carbonyl (C=O) groups excluding carboxylic acids is 2. The van der Waals surface area contributed by atoms with Crippen LogP contribution in [-0.4, -0.2) is 50.8 Å². The number of ether oxygens (including phenoxy) is 4. The number of rotatable bonds is 9. The molecule has 0 N–H and O–H groups in total. The highest BCUT2D eigenvalue weighted by atomic mass is 16.5. The number of esters is 1. The van der Waals surface area contributed by atoms with Crippen molar-refractivity contribution >= 4 is 11.9 Å². The van der Waals surface area contributed by atoms with Crippen molar-refractivity contribution in [2.45, 2.75) is 32.7 Å². The second-order valence-electron chi connectivity index (χ2n) is 7.24. The molecule has 0 aromatic heterocycles. The zero-order chi connectivity index (χ0) is 22.2. The molecule has 0 spiro atoms. The molecule has 0 bridgehead atoms. The Morgan fingerprint density at radius 3 is 2.42 bits per heavy atom. The van der Waals surface area contributed by atoms with Gasteiger partial charge in [0.05, 0.1) is 20.8 Å². The van der Waals surface area contributed by atoms with Crippen LogP contribution in [0.15, 0.2) is 36.4 Å². The molecule has 7 heteroatoms. The molecule has 0 unspecified atom stereocenters. The minimum Gasteiger partial charge on any atom is -0.494 e. The maximum atomic E-state index is 12.6. The van der Waals surface area contributed by atoms with Crippen LogP contribution in [0.2, 0.25) is 0 Å². The molecule has 0 saturated carbocycles. The maximum Gasteiger partial charge on any atom is 0.306 e. The predicted molar refractivity (Wildman–Crippen MR) is 116 cm³/mol. The summed E-state index contributed by atoms with van der Waals surface area (Å²) in [4.78, 5) is 26.4. The van der Waals surface area contributed by atoms with Gasteiger partial charge in [-0.2, -0.15) is 0 Å². The highest BCUT2D eigenvalue weighted by Crippen LogP contribution is 2.33. The van der Waals surface area contributed by atoms with E-state index in [2.05, 4.69) is 0 Å². The first kappa shape index (κ1) is 22.5. The van der Waals surface area contributed by atoms with E-state index in [1.165, 1.54) is 0 Å². The van der Waals surface area contributed by atoms with Crippen molar-refractivity contribution in [1.82, 2.24) is 4.90 Å². The van der Waals surface area contributed by atoms with Crippen molar-refractivity contribution in [3.8, 4) is 17.2 Å². The lowest BCUT2D eigenvalue weighted by Crippen LogP contribution is -2.38. The van der Waals surface area contributed by atoms with E-state index < -0.39 is 5.97 Å². The molecule has 7 nitrogen and oxygen atoms in total. The second kappa shape index (κ2) is 10.7. The van der Waals surface area contributed by atoms with Gasteiger partial charge in [-0.25, -0.2) is 0 Å². The molecular formula is C24H29NO6. The molecular weight excluding hydrogens is 398 g/mol. The van der Waals surface area contributed by atoms with Crippen LogP contribution in [0, 0.1) is 0 Å². The number of para-hydroxylation sites is 1. The Balaban J connectivity index is 1.51. The number of amides is 1. The van der Waals surface area contributed by atoms with Crippen LogP contribution in [0.4, 0.5) is 0 Å². The van der Waals surface area contributed by atoms with Gasteiger partial charge in [0.15, 0.2) is 18.1 Å². The van der Waals surface area contributed by atoms with E-state index in [4.69, 9.17) is 18.9 Å². The van der Waals surface area contributed by atoms with Gasteiger partial charge in [0.2, 0.25) is 0 Å². The van der Waals surface area contributed by atoms with Crippen molar-refractivity contribution in [3.63, 3.8) is 0 Å². The van der Waals surface area contributed by atoms with Crippen molar-refractivity contribution in [2.75, 3.05) is 34.0 Å². The van der Waals surface area contributed by atoms with Crippen LogP contribution in [0.5, 0.6) is 17.2 Å². The van der Waals surface area contributed by atoms with Gasteiger partial charge in [0.1, 0.15) is 5.75 Å². The van der Waals surface area contributed by atoms with Crippen molar-refractivity contribution in [1.29, 1.82) is 0 Å². The lowest BCUT2D eigenvalue weighted by Gasteiger charge is -2.29. The Morgan fingerprint density at radius 2 is 1.71 bits per heavy atom. The molecule has 2 aromatic rings. The molecule has 0 aliphatic carbocycles. The summed E-state index contributed by atoms with van der Waals surface area (Å²) in [5.74, 6) is 1.48. The number of hydrogen-bond donors (Lipinski definition) is 0. The number of aryl methyl sites for hydroxylation is 1. The van der Waals surface area contributed by atoms with Crippen LogP contribution < -0.4 is 14.2 Å². The fraction of sp³-hybridized carbons (Fsp3) is 0.417. The summed E-state index contributed by atoms with van der Waals surface area (Å²) >= 11 is 0. The van der Waals surface area contributed by atoms with Gasteiger partial charge < -0.3 is 23.8 Å². The number of fused-ring (bicyclic) bond motifs is 1. The normalized spacial score (nSPS) is 12.7. The number of benzene rings is 2. The first-order chi connectivity index (χ1) is 15.0. The quantitative estimate of drug-likeness (QED) is 0.573. The standard InChI is InChI=1S/C24H29NO6/c1-4-30-20-8-6-5-7-17(20)9-10-24(27)31-16-23(26)25-12-11-18-13-21(28-2)22(29-3)14-19(18)15-25/h5-8,13-14H,4,9-12,15-16H2,1-3H3. The fourth-order valence-corrected chi connectivity index (χ4v) is 3.65. The van der Waals surface area contributed by atoms with Gasteiger partial charge in [-0.15, -0.1) is 0 Å². The minimum absolute atomic E-state index is 0.192. The molecule has 1 aliphatic rings. The molecule has 0 radical (unpaired) electrons. The molecule has 1 heterocycles. The van der Waals surface area contributed by atoms with E-state index in [1.54, 1.807) is 19.1 Å². The average molecular weight is 427 g/mol. The zero-order valence-electron chi connectivity index (χ0n) is 18.3. The molecule has 1 aliphatic heterocycles. The lowest BCUT2D eigenvalue weighted by molar-refractivity contribution is -0.152. The van der Waals surface area contributed by atoms with Crippen LogP contribution in [-0.2, 0) is 33.7 Å². The number of hydrogen-bond acceptors (Lipinski definition) is 6. The highest BCUT2D eigenvalue weighted by molar-refractivity contribution is 5.81. The first-order valence-electron chi connectivity index (χ1n) is 10.4. The molecule has 166 valence electrons. The van der Waals surface area contributed by atoms with E-state index in [9.17, 15) is 9.59 Å². The van der Waals surface area contributed by atoms with Gasteiger partial charge >= 0.3 is 5.97 Å². The van der Waals surface area contributed by atoms with Gasteiger partial charge in [-0.3, -0.25) is 9.59 Å². The van der Waals surface area contributed by atoms with Crippen LogP contribution in [0.25, 0.3) is 0 Å². The van der Waals surface area contributed by atoms with Crippen LogP contribution in [0.1, 0.15) is 30.0 Å². The highest BCUT2D eigenvalue weighted by Gasteiger charge is 2.23. The average Bonchev–Trinajstić information content (AvgIpc) is 2.80. The van der Waals surface area contributed by atoms with E-state index in [0.29, 0.717) is 44.0 Å². The Morgan fingerprint density at radius 1 is 1.00 bits per heavy atom. The number of nitrogens with zero attached hydrogens (tertiary/aromatic N) is 1. The van der Waals surface area contributed by atoms with Crippen LogP contribution >= 0.6 is 0 Å². The summed E-state index contributed by atoms with van der Waals surface area (Å²) in [5.41, 5.74) is 3.09. The Hall–Kier alpha value is -3.22. The maximum absolute atomic E-state index is 12.6. The molecule has 2 aromatic carbocycles. The van der Waals surface area contributed by atoms with E-state index in [-0.39, 0.29) is 18.9 Å². The summed E-state index contributed by atoms with van der Waals surface area (Å²) in [6.07, 6.45) is 1.41. The second-order valence-corrected chi connectivity index (χ2v) is 7.24. The molecule has 3 rings (SSSR count). The Kier molecular flexibility index (Phi) is 7.76. The summed E-state index contributed by atoms with van der Waals surface area (Å²) < 4.78 is 21.5. The van der Waals surface area contributed by atoms with Gasteiger partial charge in [-0.1, -0.05) is 18.2 Å².